The zero-order valence-electron chi connectivity index (χ0n) is 13.8. The van der Waals surface area contributed by atoms with Crippen LogP contribution in [-0.4, -0.2) is 22.3 Å². The highest BCUT2D eigenvalue weighted by molar-refractivity contribution is 9.10. The van der Waals surface area contributed by atoms with Gasteiger partial charge in [-0.15, -0.1) is 0 Å². The predicted octanol–water partition coefficient (Wildman–Crippen LogP) is 4.43. The summed E-state index contributed by atoms with van der Waals surface area (Å²) >= 11 is 3.36. The van der Waals surface area contributed by atoms with Gasteiger partial charge >= 0.3 is 0 Å². The molecule has 0 radical (unpaired) electrons. The number of carbonyl (C=O) groups excluding carboxylic acids is 1. The summed E-state index contributed by atoms with van der Waals surface area (Å²) in [5, 5.41) is 10.2. The Hall–Kier alpha value is -2.74. The van der Waals surface area contributed by atoms with E-state index in [4.69, 9.17) is 9.37 Å². The zero-order chi connectivity index (χ0) is 18.5. The van der Waals surface area contributed by atoms with Crippen LogP contribution in [0.25, 0.3) is 11.3 Å². The summed E-state index contributed by atoms with van der Waals surface area (Å²) in [7, 11) is 0. The number of hydrogen-bond donors (Lipinski definition) is 1. The molecule has 6 nitrogen and oxygen atoms in total. The van der Waals surface area contributed by atoms with Gasteiger partial charge in [-0.1, -0.05) is 47.1 Å². The van der Waals surface area contributed by atoms with E-state index >= 15 is 0 Å². The molecule has 0 saturated heterocycles. The first kappa shape index (κ1) is 18.1. The maximum atomic E-state index is 13.7. The van der Waals surface area contributed by atoms with Gasteiger partial charge in [-0.2, -0.15) is 0 Å². The molecule has 8 heteroatoms. The fourth-order valence-corrected chi connectivity index (χ4v) is 2.55. The second-order valence-corrected chi connectivity index (χ2v) is 6.32. The molecule has 1 aromatic heterocycles. The van der Waals surface area contributed by atoms with E-state index in [-0.39, 0.29) is 11.6 Å². The average Bonchev–Trinajstić information content (AvgIpc) is 3.09. The van der Waals surface area contributed by atoms with Gasteiger partial charge in [-0.3, -0.25) is 4.79 Å². The SMILES string of the molecule is CCC(Oc1ccccc1F)C(=O)Nc1nonc1-c1ccc(Br)cc1. The van der Waals surface area contributed by atoms with Gasteiger partial charge in [0, 0.05) is 10.0 Å². The molecule has 1 N–H and O–H groups in total. The van der Waals surface area contributed by atoms with Crippen molar-refractivity contribution in [3.63, 3.8) is 0 Å². The van der Waals surface area contributed by atoms with Crippen molar-refractivity contribution in [3.8, 4) is 17.0 Å². The number of rotatable bonds is 6. The van der Waals surface area contributed by atoms with Gasteiger partial charge < -0.3 is 10.1 Å². The first-order valence-electron chi connectivity index (χ1n) is 7.89. The number of nitrogens with one attached hydrogen (secondary N) is 1. The Labute approximate surface area is 157 Å². The van der Waals surface area contributed by atoms with Gasteiger partial charge in [-0.05, 0) is 41.0 Å². The van der Waals surface area contributed by atoms with E-state index in [9.17, 15) is 9.18 Å². The van der Waals surface area contributed by atoms with Crippen molar-refractivity contribution in [3.05, 3.63) is 58.8 Å². The summed E-state index contributed by atoms with van der Waals surface area (Å²) < 4.78 is 24.9. The van der Waals surface area contributed by atoms with E-state index < -0.39 is 17.8 Å². The molecule has 3 rings (SSSR count). The van der Waals surface area contributed by atoms with Gasteiger partial charge in [0.15, 0.2) is 23.4 Å². The van der Waals surface area contributed by atoms with Crippen molar-refractivity contribution >= 4 is 27.7 Å². The normalized spacial score (nSPS) is 11.8. The highest BCUT2D eigenvalue weighted by atomic mass is 79.9. The number of carbonyl (C=O) groups is 1. The molecule has 3 aromatic rings. The third-order valence-corrected chi connectivity index (χ3v) is 4.15. The average molecular weight is 420 g/mol. The van der Waals surface area contributed by atoms with Crippen LogP contribution in [0.2, 0.25) is 0 Å². The molecule has 1 heterocycles. The number of para-hydroxylation sites is 1. The number of halogens is 2. The molecule has 26 heavy (non-hydrogen) atoms. The highest BCUT2D eigenvalue weighted by Crippen LogP contribution is 2.26. The molecular formula is C18H15BrFN3O3. The Kier molecular flexibility index (Phi) is 5.62. The zero-order valence-corrected chi connectivity index (χ0v) is 15.4. The van der Waals surface area contributed by atoms with E-state index in [1.807, 2.05) is 24.3 Å². The molecule has 2 aromatic carbocycles. The number of aromatic nitrogens is 2. The van der Waals surface area contributed by atoms with Crippen LogP contribution in [0.4, 0.5) is 10.2 Å². The van der Waals surface area contributed by atoms with Crippen LogP contribution in [0.15, 0.2) is 57.6 Å². The van der Waals surface area contributed by atoms with E-state index in [0.29, 0.717) is 12.1 Å². The second-order valence-electron chi connectivity index (χ2n) is 5.40. The molecule has 0 aliphatic carbocycles. The summed E-state index contributed by atoms with van der Waals surface area (Å²) in [6.45, 7) is 1.77. The van der Waals surface area contributed by atoms with Gasteiger partial charge in [0.1, 0.15) is 0 Å². The smallest absolute Gasteiger partial charge is 0.266 e. The van der Waals surface area contributed by atoms with Crippen LogP contribution in [0.3, 0.4) is 0 Å². The van der Waals surface area contributed by atoms with Crippen LogP contribution in [0.1, 0.15) is 13.3 Å². The van der Waals surface area contributed by atoms with E-state index in [1.54, 1.807) is 19.1 Å². The Bertz CT molecular complexity index is 899. The second kappa shape index (κ2) is 8.09. The summed E-state index contributed by atoms with van der Waals surface area (Å²) in [6.07, 6.45) is -0.541. The molecule has 1 unspecified atom stereocenters. The fourth-order valence-electron chi connectivity index (χ4n) is 2.28. The topological polar surface area (TPSA) is 77.2 Å². The maximum Gasteiger partial charge on any atom is 0.266 e. The summed E-state index contributed by atoms with van der Waals surface area (Å²) in [6, 6.07) is 13.2. The van der Waals surface area contributed by atoms with E-state index in [0.717, 1.165) is 10.0 Å². The number of amides is 1. The van der Waals surface area contributed by atoms with Crippen LogP contribution in [0, 0.1) is 5.82 Å². The molecule has 0 spiro atoms. The Balaban J connectivity index is 1.76. The van der Waals surface area contributed by atoms with E-state index in [1.165, 1.54) is 12.1 Å². The third-order valence-electron chi connectivity index (χ3n) is 3.62. The van der Waals surface area contributed by atoms with Gasteiger partial charge in [0.25, 0.3) is 5.91 Å². The molecule has 0 aliphatic rings. The number of hydrogen-bond acceptors (Lipinski definition) is 5. The first-order chi connectivity index (χ1) is 12.6. The monoisotopic (exact) mass is 419 g/mol. The standard InChI is InChI=1S/C18H15BrFN3O3/c1-2-14(25-15-6-4-3-5-13(15)20)18(24)21-17-16(22-26-23-17)11-7-9-12(19)10-8-11/h3-10,14H,2H2,1H3,(H,21,23,24). The van der Waals surface area contributed by atoms with Crippen LogP contribution in [0.5, 0.6) is 5.75 Å². The number of benzene rings is 2. The van der Waals surface area contributed by atoms with Gasteiger partial charge in [0.2, 0.25) is 5.82 Å². The molecule has 0 fully saturated rings. The Morgan fingerprint density at radius 3 is 2.65 bits per heavy atom. The number of anilines is 1. The van der Waals surface area contributed by atoms with E-state index in [2.05, 4.69) is 31.6 Å². The largest absolute Gasteiger partial charge is 0.478 e. The maximum absolute atomic E-state index is 13.7. The first-order valence-corrected chi connectivity index (χ1v) is 8.68. The number of ether oxygens (including phenoxy) is 1. The quantitative estimate of drug-likeness (QED) is 0.638. The fraction of sp³-hybridized carbons (Fsp3) is 0.167. The molecule has 0 bridgehead atoms. The molecule has 0 aliphatic heterocycles. The van der Waals surface area contributed by atoms with Crippen LogP contribution >= 0.6 is 15.9 Å². The van der Waals surface area contributed by atoms with Crippen LogP contribution in [-0.2, 0) is 4.79 Å². The lowest BCUT2D eigenvalue weighted by Gasteiger charge is -2.16. The highest BCUT2D eigenvalue weighted by Gasteiger charge is 2.23. The lowest BCUT2D eigenvalue weighted by molar-refractivity contribution is -0.122. The minimum atomic E-state index is -0.888. The molecule has 134 valence electrons. The summed E-state index contributed by atoms with van der Waals surface area (Å²) in [5.74, 6) is -0.809. The van der Waals surface area contributed by atoms with Crippen molar-refractivity contribution in [2.24, 2.45) is 0 Å². The number of nitrogens with zero attached hydrogens (tertiary/aromatic N) is 2. The summed E-state index contributed by atoms with van der Waals surface area (Å²) in [5.41, 5.74) is 1.12. The minimum absolute atomic E-state index is 0.0147. The van der Waals surface area contributed by atoms with Crippen molar-refractivity contribution in [2.45, 2.75) is 19.4 Å². The Morgan fingerprint density at radius 1 is 1.23 bits per heavy atom. The lowest BCUT2D eigenvalue weighted by Crippen LogP contribution is -2.32. The van der Waals surface area contributed by atoms with Crippen molar-refractivity contribution in [1.29, 1.82) is 0 Å². The third kappa shape index (κ3) is 4.08. The molecular weight excluding hydrogens is 405 g/mol. The molecule has 1 amide bonds. The van der Waals surface area contributed by atoms with Crippen molar-refractivity contribution in [1.82, 2.24) is 10.3 Å². The molecule has 1 atom stereocenters. The molecule has 0 saturated carbocycles. The van der Waals surface area contributed by atoms with Gasteiger partial charge in [0.05, 0.1) is 0 Å². The Morgan fingerprint density at radius 2 is 1.96 bits per heavy atom. The van der Waals surface area contributed by atoms with Crippen molar-refractivity contribution in [2.75, 3.05) is 5.32 Å². The predicted molar refractivity (Wildman–Crippen MR) is 97.2 cm³/mol. The van der Waals surface area contributed by atoms with Crippen LogP contribution < -0.4 is 10.1 Å². The summed E-state index contributed by atoms with van der Waals surface area (Å²) in [4.78, 5) is 12.5. The van der Waals surface area contributed by atoms with Crippen molar-refractivity contribution < 1.29 is 18.6 Å². The lowest BCUT2D eigenvalue weighted by atomic mass is 10.1. The van der Waals surface area contributed by atoms with Gasteiger partial charge in [-0.25, -0.2) is 9.02 Å². The minimum Gasteiger partial charge on any atom is -0.478 e.